The lowest BCUT2D eigenvalue weighted by molar-refractivity contribution is -0.384. The van der Waals surface area contributed by atoms with Gasteiger partial charge in [-0.2, -0.15) is 0 Å². The second-order valence-corrected chi connectivity index (χ2v) is 4.42. The molecule has 0 saturated carbocycles. The van der Waals surface area contributed by atoms with Crippen molar-refractivity contribution in [3.63, 3.8) is 0 Å². The van der Waals surface area contributed by atoms with E-state index in [0.717, 1.165) is 0 Å². The first kappa shape index (κ1) is 14.0. The van der Waals surface area contributed by atoms with Crippen LogP contribution in [0, 0.1) is 17.0 Å². The molecule has 1 amide bonds. The van der Waals surface area contributed by atoms with Crippen LogP contribution < -0.4 is 11.3 Å². The van der Waals surface area contributed by atoms with Crippen LogP contribution in [0.2, 0.25) is 5.02 Å². The molecule has 104 valence electrons. The summed E-state index contributed by atoms with van der Waals surface area (Å²) in [6, 6.07) is 5.59. The number of nitro benzene ring substituents is 1. The summed E-state index contributed by atoms with van der Waals surface area (Å²) < 4.78 is 5.25. The number of hydrogen-bond acceptors (Lipinski definition) is 5. The van der Waals surface area contributed by atoms with Gasteiger partial charge < -0.3 is 4.42 Å². The Balaban J connectivity index is 2.57. The van der Waals surface area contributed by atoms with Crippen LogP contribution in [0.1, 0.15) is 16.1 Å². The summed E-state index contributed by atoms with van der Waals surface area (Å²) in [5.41, 5.74) is 2.53. The number of hydrogen-bond donors (Lipinski definition) is 2. The van der Waals surface area contributed by atoms with E-state index in [1.165, 1.54) is 24.3 Å². The minimum atomic E-state index is -0.628. The van der Waals surface area contributed by atoms with E-state index in [0.29, 0.717) is 10.6 Å². The van der Waals surface area contributed by atoms with Gasteiger partial charge in [-0.1, -0.05) is 11.6 Å². The number of nitrogens with one attached hydrogen (secondary N) is 1. The molecule has 1 aromatic carbocycles. The molecule has 1 aromatic heterocycles. The van der Waals surface area contributed by atoms with Crippen molar-refractivity contribution in [1.29, 1.82) is 0 Å². The fourth-order valence-electron chi connectivity index (χ4n) is 1.69. The molecule has 1 heterocycles. The molecule has 20 heavy (non-hydrogen) atoms. The van der Waals surface area contributed by atoms with Crippen LogP contribution in [0.3, 0.4) is 0 Å². The molecule has 0 aliphatic heterocycles. The second-order valence-electron chi connectivity index (χ2n) is 4.01. The number of carbonyl (C=O) groups excluding carboxylic acids is 1. The number of furan rings is 1. The van der Waals surface area contributed by atoms with Gasteiger partial charge in [-0.3, -0.25) is 20.3 Å². The van der Waals surface area contributed by atoms with Gasteiger partial charge in [0.1, 0.15) is 5.76 Å². The Kier molecular flexibility index (Phi) is 3.73. The zero-order valence-electron chi connectivity index (χ0n) is 10.3. The smallest absolute Gasteiger partial charge is 0.300 e. The van der Waals surface area contributed by atoms with Gasteiger partial charge in [-0.25, -0.2) is 5.84 Å². The van der Waals surface area contributed by atoms with Crippen LogP contribution in [-0.2, 0) is 0 Å². The summed E-state index contributed by atoms with van der Waals surface area (Å²) in [6.07, 6.45) is 0. The normalized spacial score (nSPS) is 10.3. The van der Waals surface area contributed by atoms with E-state index in [1.54, 1.807) is 6.92 Å². The molecule has 0 spiro atoms. The molecule has 2 aromatic rings. The molecule has 0 radical (unpaired) electrons. The van der Waals surface area contributed by atoms with E-state index in [1.807, 2.05) is 5.43 Å². The Bertz CT molecular complexity index is 696. The summed E-state index contributed by atoms with van der Waals surface area (Å²) in [5, 5.41) is 11.4. The van der Waals surface area contributed by atoms with E-state index in [-0.39, 0.29) is 22.8 Å². The van der Waals surface area contributed by atoms with E-state index in [9.17, 15) is 14.9 Å². The number of aryl methyl sites for hydroxylation is 1. The van der Waals surface area contributed by atoms with Gasteiger partial charge >= 0.3 is 5.91 Å². The van der Waals surface area contributed by atoms with Crippen molar-refractivity contribution >= 4 is 23.2 Å². The first-order valence-electron chi connectivity index (χ1n) is 5.49. The molecule has 0 fully saturated rings. The minimum absolute atomic E-state index is 0.0477. The fraction of sp³-hybridized carbons (Fsp3) is 0.0833. The largest absolute Gasteiger partial charge is 0.451 e. The summed E-state index contributed by atoms with van der Waals surface area (Å²) in [7, 11) is 0. The predicted octanol–water partition coefficient (Wildman–Crippen LogP) is 2.42. The van der Waals surface area contributed by atoms with Crippen molar-refractivity contribution in [1.82, 2.24) is 5.43 Å². The quantitative estimate of drug-likeness (QED) is 0.391. The third kappa shape index (κ3) is 2.49. The Morgan fingerprint density at radius 1 is 1.45 bits per heavy atom. The van der Waals surface area contributed by atoms with Crippen LogP contribution in [-0.4, -0.2) is 10.8 Å². The Labute approximate surface area is 118 Å². The highest BCUT2D eigenvalue weighted by molar-refractivity contribution is 6.31. The van der Waals surface area contributed by atoms with Crippen molar-refractivity contribution in [2.45, 2.75) is 6.92 Å². The fourth-order valence-corrected chi connectivity index (χ4v) is 1.85. The van der Waals surface area contributed by atoms with Gasteiger partial charge in [0.15, 0.2) is 5.76 Å². The van der Waals surface area contributed by atoms with E-state index in [4.69, 9.17) is 21.9 Å². The highest BCUT2D eigenvalue weighted by Gasteiger charge is 2.21. The molecule has 0 aliphatic carbocycles. The van der Waals surface area contributed by atoms with E-state index >= 15 is 0 Å². The molecule has 0 unspecified atom stereocenters. The predicted molar refractivity (Wildman–Crippen MR) is 72.2 cm³/mol. The maximum atomic E-state index is 11.3. The van der Waals surface area contributed by atoms with E-state index in [2.05, 4.69) is 0 Å². The number of rotatable bonds is 3. The average Bonchev–Trinajstić information content (AvgIpc) is 2.89. The molecule has 7 nitrogen and oxygen atoms in total. The monoisotopic (exact) mass is 295 g/mol. The molecule has 0 aliphatic rings. The Hall–Kier alpha value is -2.38. The molecule has 0 saturated heterocycles. The van der Waals surface area contributed by atoms with Crippen LogP contribution in [0.25, 0.3) is 11.3 Å². The lowest BCUT2D eigenvalue weighted by atomic mass is 10.1. The molecule has 0 atom stereocenters. The first-order valence-corrected chi connectivity index (χ1v) is 5.87. The van der Waals surface area contributed by atoms with Crippen LogP contribution >= 0.6 is 11.6 Å². The average molecular weight is 296 g/mol. The van der Waals surface area contributed by atoms with Crippen LogP contribution in [0.15, 0.2) is 28.7 Å². The number of halogens is 1. The van der Waals surface area contributed by atoms with Crippen LogP contribution in [0.5, 0.6) is 0 Å². The van der Waals surface area contributed by atoms with Gasteiger partial charge in [0.2, 0.25) is 0 Å². The standard InChI is InChI=1S/C12H10ClN3O4/c1-6-4-9(16(18)19)7(5-8(6)13)10-2-3-11(20-10)12(17)15-14/h2-5H,14H2,1H3,(H,15,17). The zero-order chi connectivity index (χ0) is 14.9. The van der Waals surface area contributed by atoms with Gasteiger partial charge in [-0.15, -0.1) is 0 Å². The molecule has 0 bridgehead atoms. The second kappa shape index (κ2) is 5.32. The number of nitrogens with zero attached hydrogens (tertiary/aromatic N) is 1. The maximum absolute atomic E-state index is 11.3. The molecule has 3 N–H and O–H groups in total. The van der Waals surface area contributed by atoms with Crippen molar-refractivity contribution in [3.05, 3.63) is 50.7 Å². The summed E-state index contributed by atoms with van der Waals surface area (Å²) in [6.45, 7) is 1.66. The molecule has 2 rings (SSSR count). The SMILES string of the molecule is Cc1cc([N+](=O)[O-])c(-c2ccc(C(=O)NN)o2)cc1Cl. The summed E-state index contributed by atoms with van der Waals surface area (Å²) in [4.78, 5) is 21.8. The number of nitrogens with two attached hydrogens (primary N) is 1. The van der Waals surface area contributed by atoms with Crippen molar-refractivity contribution in [3.8, 4) is 11.3 Å². The van der Waals surface area contributed by atoms with Gasteiger partial charge in [0.25, 0.3) is 5.69 Å². The van der Waals surface area contributed by atoms with Gasteiger partial charge in [0.05, 0.1) is 10.5 Å². The zero-order valence-corrected chi connectivity index (χ0v) is 11.1. The number of amides is 1. The first-order chi connectivity index (χ1) is 9.43. The maximum Gasteiger partial charge on any atom is 0.300 e. The highest BCUT2D eigenvalue weighted by Crippen LogP contribution is 2.35. The molecular weight excluding hydrogens is 286 g/mol. The number of benzene rings is 1. The number of nitro groups is 1. The summed E-state index contributed by atoms with van der Waals surface area (Å²) in [5.74, 6) is 4.47. The lowest BCUT2D eigenvalue weighted by Gasteiger charge is -2.03. The van der Waals surface area contributed by atoms with Gasteiger partial charge in [-0.05, 0) is 30.7 Å². The number of nitrogen functional groups attached to an aromatic ring is 1. The topological polar surface area (TPSA) is 111 Å². The summed E-state index contributed by atoms with van der Waals surface area (Å²) >= 11 is 5.97. The minimum Gasteiger partial charge on any atom is -0.451 e. The van der Waals surface area contributed by atoms with Crippen molar-refractivity contribution < 1.29 is 14.1 Å². The third-order valence-corrected chi connectivity index (χ3v) is 3.11. The Morgan fingerprint density at radius 2 is 2.15 bits per heavy atom. The van der Waals surface area contributed by atoms with Crippen molar-refractivity contribution in [2.24, 2.45) is 5.84 Å². The molecule has 8 heteroatoms. The lowest BCUT2D eigenvalue weighted by Crippen LogP contribution is -2.29. The highest BCUT2D eigenvalue weighted by atomic mass is 35.5. The third-order valence-electron chi connectivity index (χ3n) is 2.70. The van der Waals surface area contributed by atoms with Crippen molar-refractivity contribution in [2.75, 3.05) is 0 Å². The Morgan fingerprint density at radius 3 is 2.75 bits per heavy atom. The number of hydrazine groups is 1. The van der Waals surface area contributed by atoms with Crippen LogP contribution in [0.4, 0.5) is 5.69 Å². The number of carbonyl (C=O) groups is 1. The molecular formula is C12H10ClN3O4. The van der Waals surface area contributed by atoms with Gasteiger partial charge in [0, 0.05) is 11.1 Å². The van der Waals surface area contributed by atoms with E-state index < -0.39 is 10.8 Å².